The van der Waals surface area contributed by atoms with Crippen molar-refractivity contribution in [3.05, 3.63) is 98.1 Å². The highest BCUT2D eigenvalue weighted by atomic mass is 32.1. The van der Waals surface area contributed by atoms with E-state index in [1.54, 1.807) is 36.6 Å². The van der Waals surface area contributed by atoms with E-state index in [9.17, 15) is 9.59 Å². The molecule has 4 aromatic rings. The highest BCUT2D eigenvalue weighted by Crippen LogP contribution is 2.27. The summed E-state index contributed by atoms with van der Waals surface area (Å²) in [5.74, 6) is -0.308. The first kappa shape index (κ1) is 20.0. The quantitative estimate of drug-likeness (QED) is 0.504. The fourth-order valence-electron chi connectivity index (χ4n) is 3.61. The Kier molecular flexibility index (Phi) is 5.77. The lowest BCUT2D eigenvalue weighted by Gasteiger charge is -2.19. The smallest absolute Gasteiger partial charge is 0.274 e. The van der Waals surface area contributed by atoms with Gasteiger partial charge in [0.05, 0.1) is 11.4 Å². The molecular formula is C24H23N3O2S. The molecule has 0 radical (unpaired) electrons. The van der Waals surface area contributed by atoms with Crippen LogP contribution in [-0.2, 0) is 13.5 Å². The van der Waals surface area contributed by atoms with Gasteiger partial charge < -0.3 is 5.32 Å². The van der Waals surface area contributed by atoms with Gasteiger partial charge >= 0.3 is 0 Å². The third-order valence-electron chi connectivity index (χ3n) is 5.13. The van der Waals surface area contributed by atoms with Crippen LogP contribution in [0.25, 0.3) is 10.8 Å². The third kappa shape index (κ3) is 3.91. The SMILES string of the molecule is CCCc1ccc(C(NC(=O)c2nn(C)c(=O)c3ccccc23)c2cccs2)cc1. The molecule has 0 saturated heterocycles. The molecule has 0 spiro atoms. The minimum absolute atomic E-state index is 0.219. The van der Waals surface area contributed by atoms with Gasteiger partial charge in [0, 0.05) is 17.3 Å². The summed E-state index contributed by atoms with van der Waals surface area (Å²) in [6.45, 7) is 2.16. The number of amides is 1. The number of benzene rings is 2. The average Bonchev–Trinajstić information content (AvgIpc) is 3.30. The molecule has 6 heteroatoms. The Balaban J connectivity index is 1.72. The Morgan fingerprint density at radius 1 is 1.07 bits per heavy atom. The van der Waals surface area contributed by atoms with Gasteiger partial charge in [-0.1, -0.05) is 61.9 Å². The molecule has 30 heavy (non-hydrogen) atoms. The summed E-state index contributed by atoms with van der Waals surface area (Å²) in [4.78, 5) is 26.7. The Hall–Kier alpha value is -3.25. The van der Waals surface area contributed by atoms with Crippen molar-refractivity contribution in [2.75, 3.05) is 0 Å². The molecule has 0 aliphatic heterocycles. The van der Waals surface area contributed by atoms with Crippen LogP contribution in [0.15, 0.2) is 70.8 Å². The second kappa shape index (κ2) is 8.63. The summed E-state index contributed by atoms with van der Waals surface area (Å²) < 4.78 is 1.22. The Bertz CT molecular complexity index is 1230. The third-order valence-corrected chi connectivity index (χ3v) is 6.06. The lowest BCUT2D eigenvalue weighted by Crippen LogP contribution is -2.32. The zero-order valence-corrected chi connectivity index (χ0v) is 17.8. The van der Waals surface area contributed by atoms with Crippen LogP contribution in [0.3, 0.4) is 0 Å². The molecule has 2 aromatic carbocycles. The number of hydrogen-bond acceptors (Lipinski definition) is 4. The van der Waals surface area contributed by atoms with E-state index in [0.717, 1.165) is 23.3 Å². The highest BCUT2D eigenvalue weighted by Gasteiger charge is 2.22. The summed E-state index contributed by atoms with van der Waals surface area (Å²) in [5, 5.41) is 10.4. The summed E-state index contributed by atoms with van der Waals surface area (Å²) >= 11 is 1.60. The molecule has 0 aliphatic carbocycles. The van der Waals surface area contributed by atoms with E-state index >= 15 is 0 Å². The van der Waals surface area contributed by atoms with Crippen molar-refractivity contribution in [2.45, 2.75) is 25.8 Å². The standard InChI is InChI=1S/C24H23N3O2S/c1-3-7-16-11-13-17(14-12-16)21(20-10-6-15-30-20)25-23(28)22-18-8-4-5-9-19(18)24(29)27(2)26-22/h4-6,8-15,21H,3,7H2,1-2H3,(H,25,28). The minimum Gasteiger partial charge on any atom is -0.339 e. The Labute approximate surface area is 179 Å². The number of rotatable bonds is 6. The molecule has 0 bridgehead atoms. The second-order valence-corrected chi connectivity index (χ2v) is 8.22. The summed E-state index contributed by atoms with van der Waals surface area (Å²) in [5.41, 5.74) is 2.32. The molecule has 1 N–H and O–H groups in total. The molecule has 2 aromatic heterocycles. The number of fused-ring (bicyclic) bond motifs is 1. The zero-order chi connectivity index (χ0) is 21.1. The topological polar surface area (TPSA) is 64.0 Å². The maximum atomic E-state index is 13.3. The maximum Gasteiger partial charge on any atom is 0.274 e. The molecular weight excluding hydrogens is 394 g/mol. The molecule has 1 unspecified atom stereocenters. The van der Waals surface area contributed by atoms with Gasteiger partial charge in [-0.15, -0.1) is 11.3 Å². The van der Waals surface area contributed by atoms with Gasteiger partial charge in [-0.3, -0.25) is 9.59 Å². The van der Waals surface area contributed by atoms with Crippen LogP contribution in [0.5, 0.6) is 0 Å². The van der Waals surface area contributed by atoms with E-state index < -0.39 is 0 Å². The van der Waals surface area contributed by atoms with Crippen LogP contribution in [0.2, 0.25) is 0 Å². The molecule has 5 nitrogen and oxygen atoms in total. The molecule has 152 valence electrons. The number of nitrogens with zero attached hydrogens (tertiary/aromatic N) is 2. The van der Waals surface area contributed by atoms with Crippen LogP contribution >= 0.6 is 11.3 Å². The van der Waals surface area contributed by atoms with Crippen LogP contribution in [0.4, 0.5) is 0 Å². The first-order chi connectivity index (χ1) is 14.6. The molecule has 0 saturated carbocycles. The van der Waals surface area contributed by atoms with E-state index in [1.165, 1.54) is 10.2 Å². The highest BCUT2D eigenvalue weighted by molar-refractivity contribution is 7.10. The number of aryl methyl sites for hydroxylation is 2. The monoisotopic (exact) mass is 417 g/mol. The fraction of sp³-hybridized carbons (Fsp3) is 0.208. The first-order valence-electron chi connectivity index (χ1n) is 9.97. The van der Waals surface area contributed by atoms with E-state index in [4.69, 9.17) is 0 Å². The largest absolute Gasteiger partial charge is 0.339 e. The van der Waals surface area contributed by atoms with E-state index in [2.05, 4.69) is 41.6 Å². The molecule has 0 aliphatic rings. The fourth-order valence-corrected chi connectivity index (χ4v) is 4.41. The van der Waals surface area contributed by atoms with Crippen molar-refractivity contribution in [1.82, 2.24) is 15.1 Å². The van der Waals surface area contributed by atoms with E-state index in [-0.39, 0.29) is 23.2 Å². The molecule has 4 rings (SSSR count). The van der Waals surface area contributed by atoms with Gasteiger partial charge in [0.2, 0.25) is 0 Å². The van der Waals surface area contributed by atoms with Crippen molar-refractivity contribution in [3.8, 4) is 0 Å². The normalized spacial score (nSPS) is 12.1. The number of carbonyl (C=O) groups excluding carboxylic acids is 1. The van der Waals surface area contributed by atoms with Crippen LogP contribution in [0, 0.1) is 0 Å². The van der Waals surface area contributed by atoms with Crippen LogP contribution < -0.4 is 10.9 Å². The summed E-state index contributed by atoms with van der Waals surface area (Å²) in [7, 11) is 1.56. The van der Waals surface area contributed by atoms with Crippen molar-refractivity contribution in [2.24, 2.45) is 7.05 Å². The van der Waals surface area contributed by atoms with Crippen molar-refractivity contribution in [3.63, 3.8) is 0 Å². The van der Waals surface area contributed by atoms with Crippen LogP contribution in [0.1, 0.15) is 45.9 Å². The summed E-state index contributed by atoms with van der Waals surface area (Å²) in [6.07, 6.45) is 2.13. The first-order valence-corrected chi connectivity index (χ1v) is 10.9. The van der Waals surface area contributed by atoms with Gasteiger partial charge in [0.25, 0.3) is 11.5 Å². The van der Waals surface area contributed by atoms with Crippen LogP contribution in [-0.4, -0.2) is 15.7 Å². The number of carbonyl (C=O) groups is 1. The minimum atomic E-state index is -0.308. The van der Waals surface area contributed by atoms with Gasteiger partial charge in [-0.2, -0.15) is 5.10 Å². The predicted molar refractivity (Wildman–Crippen MR) is 121 cm³/mol. The number of aromatic nitrogens is 2. The number of hydrogen-bond donors (Lipinski definition) is 1. The van der Waals surface area contributed by atoms with Gasteiger partial charge in [-0.05, 0) is 35.1 Å². The maximum absolute atomic E-state index is 13.3. The summed E-state index contributed by atoms with van der Waals surface area (Å²) in [6, 6.07) is 19.2. The van der Waals surface area contributed by atoms with Gasteiger partial charge in [-0.25, -0.2) is 4.68 Å². The van der Waals surface area contributed by atoms with Crippen molar-refractivity contribution < 1.29 is 4.79 Å². The van der Waals surface area contributed by atoms with Gasteiger partial charge in [0.15, 0.2) is 5.69 Å². The van der Waals surface area contributed by atoms with Crippen molar-refractivity contribution >= 4 is 28.0 Å². The predicted octanol–water partition coefficient (Wildman–Crippen LogP) is 4.47. The Morgan fingerprint density at radius 3 is 2.47 bits per heavy atom. The molecule has 0 fully saturated rings. The Morgan fingerprint density at radius 2 is 1.80 bits per heavy atom. The van der Waals surface area contributed by atoms with E-state index in [1.807, 2.05) is 23.6 Å². The zero-order valence-electron chi connectivity index (χ0n) is 17.0. The van der Waals surface area contributed by atoms with E-state index in [0.29, 0.717) is 10.8 Å². The lowest BCUT2D eigenvalue weighted by molar-refractivity contribution is 0.0938. The second-order valence-electron chi connectivity index (χ2n) is 7.24. The lowest BCUT2D eigenvalue weighted by atomic mass is 10.0. The molecule has 1 amide bonds. The molecule has 2 heterocycles. The van der Waals surface area contributed by atoms with Crippen molar-refractivity contribution in [1.29, 1.82) is 0 Å². The number of thiophene rings is 1. The molecule has 1 atom stereocenters. The number of nitrogens with one attached hydrogen (secondary N) is 1. The van der Waals surface area contributed by atoms with Gasteiger partial charge in [0.1, 0.15) is 0 Å². The average molecular weight is 418 g/mol.